The van der Waals surface area contributed by atoms with Crippen molar-refractivity contribution in [3.8, 4) is 22.8 Å². The number of fused-ring (bicyclic) bond motifs is 1. The molecule has 44 heavy (non-hydrogen) atoms. The van der Waals surface area contributed by atoms with Gasteiger partial charge in [-0.25, -0.2) is 27.8 Å². The summed E-state index contributed by atoms with van der Waals surface area (Å²) in [4.78, 5) is 13.6. The van der Waals surface area contributed by atoms with Crippen LogP contribution < -0.4 is 14.8 Å². The van der Waals surface area contributed by atoms with E-state index in [9.17, 15) is 12.8 Å². The van der Waals surface area contributed by atoms with Gasteiger partial charge in [0.05, 0.1) is 28.0 Å². The van der Waals surface area contributed by atoms with Gasteiger partial charge in [-0.15, -0.1) is 11.3 Å². The summed E-state index contributed by atoms with van der Waals surface area (Å²) in [7, 11) is -1.81. The van der Waals surface area contributed by atoms with Crippen molar-refractivity contribution < 1.29 is 27.0 Å². The number of benzene rings is 3. The van der Waals surface area contributed by atoms with Gasteiger partial charge in [-0.1, -0.05) is 12.1 Å². The van der Waals surface area contributed by atoms with Crippen molar-refractivity contribution in [1.82, 2.24) is 15.0 Å². The minimum atomic E-state index is -3.39. The van der Waals surface area contributed by atoms with Crippen molar-refractivity contribution in [3.05, 3.63) is 87.2 Å². The lowest BCUT2D eigenvalue weighted by Crippen LogP contribution is -2.28. The highest BCUT2D eigenvalue weighted by Gasteiger charge is 2.25. The lowest BCUT2D eigenvalue weighted by atomic mass is 10.1. The molecule has 13 heteroatoms. The van der Waals surface area contributed by atoms with Gasteiger partial charge in [0.1, 0.15) is 47.7 Å². The van der Waals surface area contributed by atoms with Gasteiger partial charge >= 0.3 is 0 Å². The number of methoxy groups -OCH3 is 1. The first-order chi connectivity index (χ1) is 21.0. The van der Waals surface area contributed by atoms with E-state index in [0.29, 0.717) is 38.0 Å². The van der Waals surface area contributed by atoms with Crippen LogP contribution in [0.1, 0.15) is 31.3 Å². The molecule has 0 spiro atoms. The predicted molar refractivity (Wildman–Crippen MR) is 174 cm³/mol. The van der Waals surface area contributed by atoms with Crippen LogP contribution in [0.5, 0.6) is 11.5 Å². The summed E-state index contributed by atoms with van der Waals surface area (Å²) in [5, 5.41) is 6.08. The van der Waals surface area contributed by atoms with Crippen molar-refractivity contribution in [2.24, 2.45) is 0 Å². The molecule has 0 aliphatic heterocycles. The van der Waals surface area contributed by atoms with Gasteiger partial charge in [0.25, 0.3) is 0 Å². The Balaban J connectivity index is 1.36. The predicted octanol–water partition coefficient (Wildman–Crippen LogP) is 7.67. The highest BCUT2D eigenvalue weighted by molar-refractivity contribution is 9.10. The Morgan fingerprint density at radius 2 is 1.84 bits per heavy atom. The number of thiazole rings is 1. The van der Waals surface area contributed by atoms with Gasteiger partial charge in [0.2, 0.25) is 0 Å². The number of anilines is 2. The Morgan fingerprint density at radius 3 is 2.57 bits per heavy atom. The largest absolute Gasteiger partial charge is 0.496 e. The summed E-state index contributed by atoms with van der Waals surface area (Å²) in [6, 6.07) is 15.6. The van der Waals surface area contributed by atoms with Gasteiger partial charge in [-0.2, -0.15) is 0 Å². The molecule has 2 aromatic heterocycles. The summed E-state index contributed by atoms with van der Waals surface area (Å²) in [6.07, 6.45) is 1.47. The Labute approximate surface area is 267 Å². The van der Waals surface area contributed by atoms with E-state index in [1.54, 1.807) is 33.1 Å². The SMILES string of the molecule is COc1cc2ncnc(Nc3ccc(OCc4cccc(F)c4)c(Br)c3)c2cc1-c1csc(COC(C)S(=O)(=O)C(C)C)n1. The zero-order valence-corrected chi connectivity index (χ0v) is 27.6. The van der Waals surface area contributed by atoms with Crippen LogP contribution in [0, 0.1) is 5.82 Å². The van der Waals surface area contributed by atoms with E-state index in [-0.39, 0.29) is 19.0 Å². The minimum Gasteiger partial charge on any atom is -0.496 e. The molecule has 0 aliphatic carbocycles. The maximum atomic E-state index is 13.5. The summed E-state index contributed by atoms with van der Waals surface area (Å²) in [6.45, 7) is 5.10. The first kappa shape index (κ1) is 31.8. The van der Waals surface area contributed by atoms with Crippen LogP contribution in [0.4, 0.5) is 15.9 Å². The number of hydrogen-bond acceptors (Lipinski definition) is 10. The molecule has 5 aromatic rings. The average Bonchev–Trinajstić information content (AvgIpc) is 3.47. The summed E-state index contributed by atoms with van der Waals surface area (Å²) in [5.74, 6) is 1.46. The second-order valence-corrected chi connectivity index (χ2v) is 14.7. The number of nitrogens with one attached hydrogen (secondary N) is 1. The van der Waals surface area contributed by atoms with Crippen molar-refractivity contribution >= 4 is 59.5 Å². The van der Waals surface area contributed by atoms with E-state index in [4.69, 9.17) is 19.2 Å². The number of aromatic nitrogens is 3. The zero-order valence-electron chi connectivity index (χ0n) is 24.4. The molecule has 0 aliphatic rings. The molecule has 9 nitrogen and oxygen atoms in total. The van der Waals surface area contributed by atoms with Crippen LogP contribution in [-0.4, -0.2) is 41.2 Å². The van der Waals surface area contributed by atoms with E-state index >= 15 is 0 Å². The van der Waals surface area contributed by atoms with Crippen molar-refractivity contribution in [3.63, 3.8) is 0 Å². The fourth-order valence-electron chi connectivity index (χ4n) is 4.34. The van der Waals surface area contributed by atoms with E-state index in [0.717, 1.165) is 22.2 Å². The third kappa shape index (κ3) is 7.17. The molecule has 0 radical (unpaired) electrons. The molecular formula is C31H30BrFN4O5S2. The number of ether oxygens (including phenoxy) is 3. The maximum Gasteiger partial charge on any atom is 0.179 e. The first-order valence-electron chi connectivity index (χ1n) is 13.6. The van der Waals surface area contributed by atoms with Gasteiger partial charge < -0.3 is 19.5 Å². The highest BCUT2D eigenvalue weighted by Crippen LogP contribution is 2.37. The zero-order chi connectivity index (χ0) is 31.4. The lowest BCUT2D eigenvalue weighted by molar-refractivity contribution is 0.103. The van der Waals surface area contributed by atoms with E-state index < -0.39 is 20.5 Å². The molecule has 0 saturated heterocycles. The summed E-state index contributed by atoms with van der Waals surface area (Å²) < 4.78 is 56.2. The standard InChI is InChI=1S/C31H30BrFN4O5S2/c1-18(2)44(38,39)19(3)41-15-30-37-27(16-43-30)23-12-24-26(13-29(23)40-4)34-17-35-31(24)36-22-8-9-28(25(32)11-22)42-14-20-6-5-7-21(33)10-20/h5-13,16-19H,14-15H2,1-4H3,(H,34,35,36). The first-order valence-corrected chi connectivity index (χ1v) is 16.9. The fourth-order valence-corrected chi connectivity index (χ4v) is 6.57. The van der Waals surface area contributed by atoms with Crippen LogP contribution >= 0.6 is 27.3 Å². The molecular weight excluding hydrogens is 671 g/mol. The quantitative estimate of drug-likeness (QED) is 0.140. The Kier molecular flexibility index (Phi) is 9.78. The lowest BCUT2D eigenvalue weighted by Gasteiger charge is -2.15. The van der Waals surface area contributed by atoms with Gasteiger partial charge in [0.15, 0.2) is 15.3 Å². The third-order valence-electron chi connectivity index (χ3n) is 6.82. The molecule has 0 amide bonds. The van der Waals surface area contributed by atoms with Crippen LogP contribution in [0.2, 0.25) is 0 Å². The van der Waals surface area contributed by atoms with Gasteiger partial charge in [-0.05, 0) is 78.7 Å². The van der Waals surface area contributed by atoms with Crippen LogP contribution in [0.25, 0.3) is 22.2 Å². The second-order valence-electron chi connectivity index (χ2n) is 10.1. The van der Waals surface area contributed by atoms with Crippen molar-refractivity contribution in [2.45, 2.75) is 44.7 Å². The monoisotopic (exact) mass is 700 g/mol. The van der Waals surface area contributed by atoms with Crippen LogP contribution in [0.15, 0.2) is 70.8 Å². The molecule has 1 N–H and O–H groups in total. The molecule has 230 valence electrons. The molecule has 0 fully saturated rings. The Hall–Kier alpha value is -3.65. The fraction of sp³-hybridized carbons (Fsp3) is 0.258. The molecule has 0 bridgehead atoms. The minimum absolute atomic E-state index is 0.0699. The van der Waals surface area contributed by atoms with Crippen LogP contribution in [0.3, 0.4) is 0 Å². The number of nitrogens with zero attached hydrogens (tertiary/aromatic N) is 3. The van der Waals surface area contributed by atoms with Gasteiger partial charge in [-0.3, -0.25) is 0 Å². The van der Waals surface area contributed by atoms with E-state index in [1.807, 2.05) is 35.7 Å². The molecule has 5 rings (SSSR count). The van der Waals surface area contributed by atoms with Crippen molar-refractivity contribution in [1.29, 1.82) is 0 Å². The summed E-state index contributed by atoms with van der Waals surface area (Å²) >= 11 is 4.94. The number of rotatable bonds is 12. The average molecular weight is 702 g/mol. The molecule has 0 saturated carbocycles. The Bertz CT molecular complexity index is 1900. The van der Waals surface area contributed by atoms with Crippen LogP contribution in [-0.2, 0) is 27.8 Å². The number of hydrogen-bond donors (Lipinski definition) is 1. The third-order valence-corrected chi connectivity index (χ3v) is 10.6. The normalized spacial score (nSPS) is 12.4. The number of halogens is 2. The van der Waals surface area contributed by atoms with E-state index in [1.165, 1.54) is 36.7 Å². The molecule has 3 aromatic carbocycles. The molecule has 1 unspecified atom stereocenters. The topological polar surface area (TPSA) is 113 Å². The number of sulfone groups is 1. The molecule has 2 heterocycles. The van der Waals surface area contributed by atoms with Gasteiger partial charge in [0, 0.05) is 28.1 Å². The Morgan fingerprint density at radius 1 is 1.02 bits per heavy atom. The summed E-state index contributed by atoms with van der Waals surface area (Å²) in [5.41, 5.74) is 2.60. The maximum absolute atomic E-state index is 13.5. The smallest absolute Gasteiger partial charge is 0.179 e. The van der Waals surface area contributed by atoms with E-state index in [2.05, 4.69) is 31.2 Å². The van der Waals surface area contributed by atoms with Crippen molar-refractivity contribution in [2.75, 3.05) is 12.4 Å². The highest BCUT2D eigenvalue weighted by atomic mass is 79.9. The molecule has 1 atom stereocenters. The second kappa shape index (κ2) is 13.6.